The minimum Gasteiger partial charge on any atom is -0.494 e. The van der Waals surface area contributed by atoms with Crippen LogP contribution in [0.2, 0.25) is 0 Å². The summed E-state index contributed by atoms with van der Waals surface area (Å²) in [5, 5.41) is 8.79. The van der Waals surface area contributed by atoms with E-state index < -0.39 is 9.84 Å². The predicted octanol–water partition coefficient (Wildman–Crippen LogP) is 6.53. The van der Waals surface area contributed by atoms with Gasteiger partial charge in [-0.15, -0.1) is 0 Å². The molecule has 1 N–H and O–H groups in total. The summed E-state index contributed by atoms with van der Waals surface area (Å²) in [6.07, 6.45) is 13.7. The van der Waals surface area contributed by atoms with Crippen molar-refractivity contribution >= 4 is 22.0 Å². The zero-order valence-corrected chi connectivity index (χ0v) is 20.2. The summed E-state index contributed by atoms with van der Waals surface area (Å²) in [6, 6.07) is 14.8. The van der Waals surface area contributed by atoms with Crippen LogP contribution in [0.25, 0.3) is 12.2 Å². The molecule has 0 aromatic heterocycles. The first kappa shape index (κ1) is 26.1. The summed E-state index contributed by atoms with van der Waals surface area (Å²) < 4.78 is 30.7. The third-order valence-electron chi connectivity index (χ3n) is 5.43. The van der Waals surface area contributed by atoms with E-state index in [1.54, 1.807) is 12.1 Å². The Hall–Kier alpha value is -2.11. The second-order valence-electron chi connectivity index (χ2n) is 8.19. The van der Waals surface area contributed by atoms with Crippen molar-refractivity contribution in [3.8, 4) is 5.75 Å². The van der Waals surface area contributed by atoms with Crippen LogP contribution in [0.15, 0.2) is 53.4 Å². The highest BCUT2D eigenvalue weighted by molar-refractivity contribution is 7.91. The van der Waals surface area contributed by atoms with Gasteiger partial charge in [0, 0.05) is 13.0 Å². The van der Waals surface area contributed by atoms with Crippen LogP contribution in [-0.4, -0.2) is 32.5 Å². The van der Waals surface area contributed by atoms with Gasteiger partial charge in [0.25, 0.3) is 0 Å². The number of benzene rings is 2. The summed E-state index contributed by atoms with van der Waals surface area (Å²) in [5.74, 6) is 1.01. The minimum atomic E-state index is -3.21. The highest BCUT2D eigenvalue weighted by atomic mass is 32.2. The Kier molecular flexibility index (Phi) is 12.1. The molecule has 0 unspecified atom stereocenters. The van der Waals surface area contributed by atoms with Crippen molar-refractivity contribution in [3.05, 3.63) is 59.7 Å². The molecule has 0 heterocycles. The van der Waals surface area contributed by atoms with Crippen molar-refractivity contribution in [3.63, 3.8) is 0 Å². The molecule has 5 heteroatoms. The van der Waals surface area contributed by atoms with Crippen molar-refractivity contribution in [1.82, 2.24) is 0 Å². The Morgan fingerprint density at radius 2 is 1.28 bits per heavy atom. The Morgan fingerprint density at radius 3 is 1.84 bits per heavy atom. The Balaban J connectivity index is 1.78. The first-order valence-corrected chi connectivity index (χ1v) is 13.5. The number of aliphatic hydroxyl groups is 1. The zero-order chi connectivity index (χ0) is 23.1. The summed E-state index contributed by atoms with van der Waals surface area (Å²) in [7, 11) is -3.21. The van der Waals surface area contributed by atoms with Gasteiger partial charge in [-0.05, 0) is 41.8 Å². The van der Waals surface area contributed by atoms with E-state index in [1.165, 1.54) is 32.1 Å². The lowest BCUT2D eigenvalue weighted by atomic mass is 10.1. The van der Waals surface area contributed by atoms with Crippen molar-refractivity contribution in [2.45, 2.75) is 69.6 Å². The van der Waals surface area contributed by atoms with E-state index in [0.29, 0.717) is 17.9 Å². The number of unbranched alkanes of at least 4 members (excludes halogenated alkanes) is 7. The van der Waals surface area contributed by atoms with E-state index in [0.717, 1.165) is 36.1 Å². The molecule has 0 fully saturated rings. The number of sulfone groups is 1. The van der Waals surface area contributed by atoms with Crippen molar-refractivity contribution in [2.75, 3.05) is 19.0 Å². The molecule has 0 aliphatic heterocycles. The van der Waals surface area contributed by atoms with E-state index in [2.05, 4.69) is 6.92 Å². The fraction of sp³-hybridized carbons (Fsp3) is 0.481. The van der Waals surface area contributed by atoms with E-state index in [9.17, 15) is 8.42 Å². The van der Waals surface area contributed by atoms with Gasteiger partial charge in [0.2, 0.25) is 0 Å². The summed E-state index contributed by atoms with van der Waals surface area (Å²) >= 11 is 0. The first-order chi connectivity index (χ1) is 15.5. The molecule has 2 rings (SSSR count). The van der Waals surface area contributed by atoms with Gasteiger partial charge < -0.3 is 9.84 Å². The van der Waals surface area contributed by atoms with Crippen LogP contribution in [0.5, 0.6) is 5.75 Å². The molecular formula is C27H38O4S. The summed E-state index contributed by atoms with van der Waals surface area (Å²) in [6.45, 7) is 2.84. The highest BCUT2D eigenvalue weighted by Gasteiger charge is 2.13. The molecule has 0 bridgehead atoms. The second-order valence-corrected chi connectivity index (χ2v) is 10.3. The Morgan fingerprint density at radius 1 is 0.750 bits per heavy atom. The molecule has 0 amide bonds. The number of hydrogen-bond acceptors (Lipinski definition) is 4. The lowest BCUT2D eigenvalue weighted by molar-refractivity contribution is 0.233. The molecule has 0 aliphatic rings. The largest absolute Gasteiger partial charge is 0.494 e. The lowest BCUT2D eigenvalue weighted by Gasteiger charge is -2.06. The number of ether oxygens (including phenoxy) is 1. The fourth-order valence-corrected chi connectivity index (χ4v) is 4.82. The maximum Gasteiger partial charge on any atom is 0.178 e. The van der Waals surface area contributed by atoms with Crippen LogP contribution in [0.3, 0.4) is 0 Å². The molecule has 0 saturated carbocycles. The average molecular weight is 459 g/mol. The molecule has 0 saturated heterocycles. The van der Waals surface area contributed by atoms with Gasteiger partial charge in [-0.2, -0.15) is 0 Å². The van der Waals surface area contributed by atoms with Crippen molar-refractivity contribution in [1.29, 1.82) is 0 Å². The smallest absolute Gasteiger partial charge is 0.178 e. The number of aliphatic hydroxyl groups excluding tert-OH is 1. The minimum absolute atomic E-state index is 0.125. The van der Waals surface area contributed by atoms with E-state index in [4.69, 9.17) is 9.84 Å². The lowest BCUT2D eigenvalue weighted by Crippen LogP contribution is -2.06. The highest BCUT2D eigenvalue weighted by Crippen LogP contribution is 2.18. The van der Waals surface area contributed by atoms with Crippen molar-refractivity contribution in [2.24, 2.45) is 0 Å². The number of rotatable bonds is 16. The second kappa shape index (κ2) is 14.9. The topological polar surface area (TPSA) is 63.6 Å². The van der Waals surface area contributed by atoms with Gasteiger partial charge in [-0.25, -0.2) is 8.42 Å². The van der Waals surface area contributed by atoms with Gasteiger partial charge in [0.1, 0.15) is 5.75 Å². The number of hydrogen-bond donors (Lipinski definition) is 1. The molecule has 32 heavy (non-hydrogen) atoms. The molecule has 2 aromatic rings. The third-order valence-corrected chi connectivity index (χ3v) is 7.24. The van der Waals surface area contributed by atoms with Gasteiger partial charge in [0.05, 0.1) is 17.3 Å². The molecular weight excluding hydrogens is 420 g/mol. The standard InChI is InChI=1S/C27H38O4S/c1-2-3-4-5-6-7-8-9-23-32(29,30)27-19-15-25(16-20-27)12-11-24-13-17-26(18-14-24)31-22-10-21-28/h11-20,28H,2-10,21-23H2,1H3. The molecule has 0 spiro atoms. The van der Waals surface area contributed by atoms with Crippen LogP contribution in [-0.2, 0) is 9.84 Å². The molecule has 0 aliphatic carbocycles. The van der Waals surface area contributed by atoms with Gasteiger partial charge >= 0.3 is 0 Å². The molecule has 2 aromatic carbocycles. The predicted molar refractivity (Wildman–Crippen MR) is 134 cm³/mol. The quantitative estimate of drug-likeness (QED) is 0.229. The maximum atomic E-state index is 12.6. The average Bonchev–Trinajstić information content (AvgIpc) is 2.81. The van der Waals surface area contributed by atoms with E-state index in [-0.39, 0.29) is 12.4 Å². The van der Waals surface area contributed by atoms with Crippen LogP contribution >= 0.6 is 0 Å². The van der Waals surface area contributed by atoms with Crippen molar-refractivity contribution < 1.29 is 18.3 Å². The van der Waals surface area contributed by atoms with Gasteiger partial charge in [-0.3, -0.25) is 0 Å². The van der Waals surface area contributed by atoms with E-state index in [1.807, 2.05) is 48.6 Å². The van der Waals surface area contributed by atoms with Crippen LogP contribution in [0.1, 0.15) is 75.8 Å². The Labute approximate surface area is 194 Å². The molecule has 0 atom stereocenters. The molecule has 0 radical (unpaired) electrons. The fourth-order valence-electron chi connectivity index (χ4n) is 3.45. The van der Waals surface area contributed by atoms with Gasteiger partial charge in [-0.1, -0.05) is 88.3 Å². The van der Waals surface area contributed by atoms with Crippen LogP contribution < -0.4 is 4.74 Å². The zero-order valence-electron chi connectivity index (χ0n) is 19.3. The van der Waals surface area contributed by atoms with Crippen LogP contribution in [0.4, 0.5) is 0 Å². The normalized spacial score (nSPS) is 11.8. The summed E-state index contributed by atoms with van der Waals surface area (Å²) in [4.78, 5) is 0.405. The Bertz CT molecular complexity index is 884. The maximum absolute atomic E-state index is 12.6. The van der Waals surface area contributed by atoms with E-state index >= 15 is 0 Å². The monoisotopic (exact) mass is 458 g/mol. The SMILES string of the molecule is CCCCCCCCCCS(=O)(=O)c1ccc(C=Cc2ccc(OCCCO)cc2)cc1. The summed E-state index contributed by atoms with van der Waals surface area (Å²) in [5.41, 5.74) is 1.99. The first-order valence-electron chi connectivity index (χ1n) is 11.9. The molecule has 4 nitrogen and oxygen atoms in total. The van der Waals surface area contributed by atoms with Gasteiger partial charge in [0.15, 0.2) is 9.84 Å². The third kappa shape index (κ3) is 10.0. The van der Waals surface area contributed by atoms with Crippen LogP contribution in [0, 0.1) is 0 Å². The molecule has 176 valence electrons.